The Balaban J connectivity index is 2.57. The molecule has 1 saturated heterocycles. The highest BCUT2D eigenvalue weighted by atomic mass is 32.2. The summed E-state index contributed by atoms with van der Waals surface area (Å²) < 4.78 is 28.4. The average Bonchev–Trinajstić information content (AvgIpc) is 2.37. The van der Waals surface area contributed by atoms with Crippen molar-refractivity contribution in [1.29, 1.82) is 0 Å². The number of nitrogens with zero attached hydrogens (tertiary/aromatic N) is 1. The Bertz CT molecular complexity index is 332. The summed E-state index contributed by atoms with van der Waals surface area (Å²) in [4.78, 5) is 0. The first-order valence-electron chi connectivity index (χ1n) is 6.99. The highest BCUT2D eigenvalue weighted by Crippen LogP contribution is 2.21. The van der Waals surface area contributed by atoms with E-state index in [2.05, 4.69) is 23.9 Å². The molecule has 6 heteroatoms. The van der Waals surface area contributed by atoms with Gasteiger partial charge in [0.1, 0.15) is 0 Å². The molecule has 0 spiro atoms. The monoisotopic (exact) mass is 277 g/mol. The summed E-state index contributed by atoms with van der Waals surface area (Å²) in [7, 11) is -3.27. The molecule has 1 heterocycles. The van der Waals surface area contributed by atoms with E-state index in [1.165, 1.54) is 0 Å². The Kier molecular flexibility index (Phi) is 6.55. The van der Waals surface area contributed by atoms with Gasteiger partial charge in [-0.1, -0.05) is 13.8 Å². The molecule has 0 saturated carbocycles. The topological polar surface area (TPSA) is 61.4 Å². The first-order chi connectivity index (χ1) is 8.51. The third kappa shape index (κ3) is 4.50. The lowest BCUT2D eigenvalue weighted by Crippen LogP contribution is -2.50. The van der Waals surface area contributed by atoms with Gasteiger partial charge in [0, 0.05) is 25.7 Å². The molecule has 1 rings (SSSR count). The first kappa shape index (κ1) is 15.9. The van der Waals surface area contributed by atoms with E-state index in [1.807, 2.05) is 6.92 Å². The Labute approximate surface area is 112 Å². The number of hydrogen-bond acceptors (Lipinski definition) is 3. The molecule has 0 amide bonds. The van der Waals surface area contributed by atoms with Crippen LogP contribution in [0.1, 0.15) is 40.0 Å². The Morgan fingerprint density at radius 1 is 1.39 bits per heavy atom. The molecule has 108 valence electrons. The van der Waals surface area contributed by atoms with Crippen molar-refractivity contribution < 1.29 is 8.42 Å². The Morgan fingerprint density at radius 2 is 2.11 bits per heavy atom. The molecule has 2 N–H and O–H groups in total. The normalized spacial score (nSPS) is 24.1. The van der Waals surface area contributed by atoms with Crippen molar-refractivity contribution in [3.63, 3.8) is 0 Å². The molecule has 0 bridgehead atoms. The van der Waals surface area contributed by atoms with Gasteiger partial charge in [-0.05, 0) is 38.6 Å². The summed E-state index contributed by atoms with van der Waals surface area (Å²) in [6, 6.07) is 0.374. The van der Waals surface area contributed by atoms with Crippen LogP contribution in [0.5, 0.6) is 0 Å². The quantitative estimate of drug-likeness (QED) is 0.728. The van der Waals surface area contributed by atoms with Crippen LogP contribution in [0.3, 0.4) is 0 Å². The Morgan fingerprint density at radius 3 is 2.72 bits per heavy atom. The largest absolute Gasteiger partial charge is 0.314 e. The fraction of sp³-hybridized carbons (Fsp3) is 1.00. The van der Waals surface area contributed by atoms with E-state index >= 15 is 0 Å². The zero-order chi connectivity index (χ0) is 13.6. The van der Waals surface area contributed by atoms with Crippen molar-refractivity contribution in [3.05, 3.63) is 0 Å². The van der Waals surface area contributed by atoms with Crippen LogP contribution in [0.4, 0.5) is 0 Å². The van der Waals surface area contributed by atoms with Crippen molar-refractivity contribution in [2.75, 3.05) is 26.2 Å². The summed E-state index contributed by atoms with van der Waals surface area (Å²) in [5, 5.41) is 3.39. The van der Waals surface area contributed by atoms with Crippen LogP contribution < -0.4 is 10.0 Å². The van der Waals surface area contributed by atoms with E-state index in [0.29, 0.717) is 31.6 Å². The standard InChI is InChI=1S/C12H27N3O2S/c1-4-8-14-18(16,17)15-9-6-7-12(10-15)11(3)13-5-2/h11-14H,4-10H2,1-3H3. The highest BCUT2D eigenvalue weighted by molar-refractivity contribution is 7.87. The van der Waals surface area contributed by atoms with E-state index in [0.717, 1.165) is 25.8 Å². The maximum absolute atomic E-state index is 12.1. The van der Waals surface area contributed by atoms with Crippen LogP contribution in [0.25, 0.3) is 0 Å². The molecule has 18 heavy (non-hydrogen) atoms. The van der Waals surface area contributed by atoms with E-state index in [1.54, 1.807) is 4.31 Å². The predicted molar refractivity (Wildman–Crippen MR) is 74.6 cm³/mol. The molecule has 0 aliphatic carbocycles. The van der Waals surface area contributed by atoms with E-state index in [9.17, 15) is 8.42 Å². The summed E-state index contributed by atoms with van der Waals surface area (Å²) >= 11 is 0. The number of hydrogen-bond donors (Lipinski definition) is 2. The van der Waals surface area contributed by atoms with E-state index in [-0.39, 0.29) is 0 Å². The van der Waals surface area contributed by atoms with Crippen LogP contribution in [-0.4, -0.2) is 44.9 Å². The van der Waals surface area contributed by atoms with Gasteiger partial charge in [-0.15, -0.1) is 0 Å². The van der Waals surface area contributed by atoms with Gasteiger partial charge in [0.25, 0.3) is 10.2 Å². The van der Waals surface area contributed by atoms with Crippen molar-refractivity contribution in [2.24, 2.45) is 5.92 Å². The Hall–Kier alpha value is -0.170. The first-order valence-corrected chi connectivity index (χ1v) is 8.43. The molecule has 5 nitrogen and oxygen atoms in total. The molecule has 1 aliphatic rings. The van der Waals surface area contributed by atoms with Gasteiger partial charge in [-0.3, -0.25) is 0 Å². The van der Waals surface area contributed by atoms with Crippen LogP contribution in [0.2, 0.25) is 0 Å². The molecule has 2 unspecified atom stereocenters. The lowest BCUT2D eigenvalue weighted by molar-refractivity contribution is 0.223. The van der Waals surface area contributed by atoms with Crippen molar-refractivity contribution in [2.45, 2.75) is 46.1 Å². The molecule has 1 fully saturated rings. The number of rotatable bonds is 7. The SMILES string of the molecule is CCCNS(=O)(=O)N1CCCC(C(C)NCC)C1. The van der Waals surface area contributed by atoms with Gasteiger partial charge >= 0.3 is 0 Å². The third-order valence-electron chi connectivity index (χ3n) is 3.53. The molecule has 0 aromatic carbocycles. The molecule has 2 atom stereocenters. The van der Waals surface area contributed by atoms with Gasteiger partial charge < -0.3 is 5.32 Å². The summed E-state index contributed by atoms with van der Waals surface area (Å²) in [5.74, 6) is 0.414. The fourth-order valence-electron chi connectivity index (χ4n) is 2.41. The van der Waals surface area contributed by atoms with Gasteiger partial charge in [0.05, 0.1) is 0 Å². The highest BCUT2D eigenvalue weighted by Gasteiger charge is 2.30. The maximum atomic E-state index is 12.1. The second-order valence-electron chi connectivity index (χ2n) is 5.01. The predicted octanol–water partition coefficient (Wildman–Crippen LogP) is 0.941. The van der Waals surface area contributed by atoms with Crippen molar-refractivity contribution >= 4 is 10.2 Å². The van der Waals surface area contributed by atoms with Crippen LogP contribution in [-0.2, 0) is 10.2 Å². The fourth-order valence-corrected chi connectivity index (χ4v) is 3.81. The van der Waals surface area contributed by atoms with Gasteiger partial charge in [0.15, 0.2) is 0 Å². The summed E-state index contributed by atoms with van der Waals surface area (Å²) in [6.45, 7) is 8.92. The van der Waals surface area contributed by atoms with Gasteiger partial charge in [0.2, 0.25) is 0 Å². The molecule has 1 aliphatic heterocycles. The van der Waals surface area contributed by atoms with Gasteiger partial charge in [-0.2, -0.15) is 12.7 Å². The minimum absolute atomic E-state index is 0.374. The summed E-state index contributed by atoms with van der Waals surface area (Å²) in [5.41, 5.74) is 0. The van der Waals surface area contributed by atoms with Crippen molar-refractivity contribution in [3.8, 4) is 0 Å². The molecular weight excluding hydrogens is 250 g/mol. The van der Waals surface area contributed by atoms with E-state index in [4.69, 9.17) is 0 Å². The average molecular weight is 277 g/mol. The zero-order valence-electron chi connectivity index (χ0n) is 11.8. The lowest BCUT2D eigenvalue weighted by atomic mass is 9.93. The molecule has 0 aromatic rings. The van der Waals surface area contributed by atoms with Crippen molar-refractivity contribution in [1.82, 2.24) is 14.3 Å². The minimum atomic E-state index is -3.27. The molecular formula is C12H27N3O2S. The van der Waals surface area contributed by atoms with Crippen LogP contribution in [0.15, 0.2) is 0 Å². The van der Waals surface area contributed by atoms with Crippen LogP contribution in [0, 0.1) is 5.92 Å². The van der Waals surface area contributed by atoms with Crippen LogP contribution >= 0.6 is 0 Å². The summed E-state index contributed by atoms with van der Waals surface area (Å²) in [6.07, 6.45) is 2.88. The minimum Gasteiger partial charge on any atom is -0.314 e. The second kappa shape index (κ2) is 7.43. The number of nitrogens with one attached hydrogen (secondary N) is 2. The second-order valence-corrected chi connectivity index (χ2v) is 6.76. The molecule has 0 aromatic heterocycles. The zero-order valence-corrected chi connectivity index (χ0v) is 12.6. The smallest absolute Gasteiger partial charge is 0.279 e. The molecule has 0 radical (unpaired) electrons. The third-order valence-corrected chi connectivity index (χ3v) is 5.11. The lowest BCUT2D eigenvalue weighted by Gasteiger charge is -2.35. The number of piperidine rings is 1. The van der Waals surface area contributed by atoms with Gasteiger partial charge in [-0.25, -0.2) is 4.72 Å². The maximum Gasteiger partial charge on any atom is 0.279 e. The van der Waals surface area contributed by atoms with E-state index < -0.39 is 10.2 Å².